The van der Waals surface area contributed by atoms with E-state index in [9.17, 15) is 14.4 Å². The summed E-state index contributed by atoms with van der Waals surface area (Å²) in [5.41, 5.74) is -0.418. The number of nitrogens with zero attached hydrogens (tertiary/aromatic N) is 2. The molecule has 7 nitrogen and oxygen atoms in total. The molecule has 1 aliphatic rings. The first-order valence-electron chi connectivity index (χ1n) is 8.49. The highest BCUT2D eigenvalue weighted by Gasteiger charge is 2.33. The van der Waals surface area contributed by atoms with Crippen LogP contribution in [0.15, 0.2) is 0 Å². The van der Waals surface area contributed by atoms with Crippen LogP contribution in [-0.2, 0) is 14.3 Å². The van der Waals surface area contributed by atoms with Gasteiger partial charge in [-0.15, -0.1) is 0 Å². The van der Waals surface area contributed by atoms with Crippen LogP contribution < -0.4 is 5.32 Å². The van der Waals surface area contributed by atoms with Gasteiger partial charge in [-0.05, 0) is 12.3 Å². The summed E-state index contributed by atoms with van der Waals surface area (Å²) in [7, 11) is 1.28. The van der Waals surface area contributed by atoms with E-state index < -0.39 is 17.6 Å². The predicted molar refractivity (Wildman–Crippen MR) is 91.4 cm³/mol. The van der Waals surface area contributed by atoms with Crippen molar-refractivity contribution in [2.75, 3.05) is 33.3 Å². The van der Waals surface area contributed by atoms with E-state index in [-0.39, 0.29) is 17.7 Å². The molecule has 1 atom stereocenters. The number of alkyl carbamates (subject to hydrolysis) is 1. The zero-order valence-corrected chi connectivity index (χ0v) is 15.7. The van der Waals surface area contributed by atoms with E-state index in [1.54, 1.807) is 9.80 Å². The molecule has 0 aromatic rings. The standard InChI is InChI=1S/C17H31N3O4/c1-12(2)11-13(18-16(23)24-6)14(21)19-7-9-20(10-8-19)15(22)17(3,4)5/h12-13H,7-11H2,1-6H3,(H,18,23)/t13-/m1/s1. The first-order chi connectivity index (χ1) is 11.1. The molecule has 0 aromatic carbocycles. The van der Waals surface area contributed by atoms with Gasteiger partial charge < -0.3 is 19.9 Å². The van der Waals surface area contributed by atoms with Gasteiger partial charge in [-0.1, -0.05) is 34.6 Å². The van der Waals surface area contributed by atoms with Crippen molar-refractivity contribution in [2.24, 2.45) is 11.3 Å². The zero-order valence-electron chi connectivity index (χ0n) is 15.7. The molecule has 3 amide bonds. The monoisotopic (exact) mass is 341 g/mol. The predicted octanol–water partition coefficient (Wildman–Crippen LogP) is 1.47. The molecule has 138 valence electrons. The quantitative estimate of drug-likeness (QED) is 0.840. The maximum atomic E-state index is 12.7. The van der Waals surface area contributed by atoms with Crippen molar-refractivity contribution in [3.05, 3.63) is 0 Å². The lowest BCUT2D eigenvalue weighted by Crippen LogP contribution is -2.57. The van der Waals surface area contributed by atoms with Crippen LogP contribution in [0.3, 0.4) is 0 Å². The minimum Gasteiger partial charge on any atom is -0.453 e. The average molecular weight is 341 g/mol. The van der Waals surface area contributed by atoms with Gasteiger partial charge in [0.15, 0.2) is 0 Å². The van der Waals surface area contributed by atoms with Crippen molar-refractivity contribution < 1.29 is 19.1 Å². The highest BCUT2D eigenvalue weighted by molar-refractivity contribution is 5.86. The molecule has 1 N–H and O–H groups in total. The summed E-state index contributed by atoms with van der Waals surface area (Å²) in [5, 5.41) is 2.62. The summed E-state index contributed by atoms with van der Waals surface area (Å²) >= 11 is 0. The molecular weight excluding hydrogens is 310 g/mol. The van der Waals surface area contributed by atoms with Gasteiger partial charge >= 0.3 is 6.09 Å². The molecular formula is C17H31N3O4. The SMILES string of the molecule is COC(=O)N[C@H](CC(C)C)C(=O)N1CCN(C(=O)C(C)(C)C)CC1. The molecule has 0 radical (unpaired) electrons. The first kappa shape index (κ1) is 20.3. The number of piperazine rings is 1. The van der Waals surface area contributed by atoms with Gasteiger partial charge in [0.05, 0.1) is 7.11 Å². The molecule has 0 saturated carbocycles. The third-order valence-electron chi connectivity index (χ3n) is 4.00. The molecule has 1 heterocycles. The summed E-state index contributed by atoms with van der Waals surface area (Å²) in [6, 6.07) is -0.595. The van der Waals surface area contributed by atoms with Crippen LogP contribution in [-0.4, -0.2) is 67.0 Å². The van der Waals surface area contributed by atoms with Crippen molar-refractivity contribution in [2.45, 2.75) is 47.1 Å². The van der Waals surface area contributed by atoms with Gasteiger partial charge in [-0.25, -0.2) is 4.79 Å². The topological polar surface area (TPSA) is 79.0 Å². The van der Waals surface area contributed by atoms with Crippen LogP contribution in [0.1, 0.15) is 41.0 Å². The van der Waals surface area contributed by atoms with Crippen LogP contribution in [0, 0.1) is 11.3 Å². The van der Waals surface area contributed by atoms with Gasteiger partial charge in [0, 0.05) is 31.6 Å². The third-order valence-corrected chi connectivity index (χ3v) is 4.00. The fraction of sp³-hybridized carbons (Fsp3) is 0.824. The summed E-state index contributed by atoms with van der Waals surface area (Å²) in [6.07, 6.45) is -0.0507. The maximum absolute atomic E-state index is 12.7. The minimum atomic E-state index is -0.601. The van der Waals surface area contributed by atoms with Crippen molar-refractivity contribution in [1.82, 2.24) is 15.1 Å². The van der Waals surface area contributed by atoms with Gasteiger partial charge in [0.25, 0.3) is 0 Å². The van der Waals surface area contributed by atoms with Crippen LogP contribution >= 0.6 is 0 Å². The molecule has 0 unspecified atom stereocenters. The van der Waals surface area contributed by atoms with E-state index in [1.807, 2.05) is 34.6 Å². The molecule has 1 fully saturated rings. The number of ether oxygens (including phenoxy) is 1. The number of hydrogen-bond acceptors (Lipinski definition) is 4. The lowest BCUT2D eigenvalue weighted by atomic mass is 9.94. The Bertz CT molecular complexity index is 463. The Morgan fingerprint density at radius 1 is 1.04 bits per heavy atom. The number of amides is 3. The van der Waals surface area contributed by atoms with E-state index in [0.717, 1.165) is 0 Å². The molecule has 1 saturated heterocycles. The largest absolute Gasteiger partial charge is 0.453 e. The maximum Gasteiger partial charge on any atom is 0.407 e. The number of hydrogen-bond donors (Lipinski definition) is 1. The molecule has 0 aliphatic carbocycles. The van der Waals surface area contributed by atoms with Crippen molar-refractivity contribution in [1.29, 1.82) is 0 Å². The molecule has 1 rings (SSSR count). The summed E-state index contributed by atoms with van der Waals surface area (Å²) in [5.74, 6) is 0.248. The number of carbonyl (C=O) groups is 3. The Hall–Kier alpha value is -1.79. The second kappa shape index (κ2) is 8.35. The molecule has 0 aromatic heterocycles. The second-order valence-corrected chi connectivity index (χ2v) is 7.69. The van der Waals surface area contributed by atoms with Crippen LogP contribution in [0.5, 0.6) is 0 Å². The second-order valence-electron chi connectivity index (χ2n) is 7.69. The van der Waals surface area contributed by atoms with Gasteiger partial charge in [-0.2, -0.15) is 0 Å². The van der Waals surface area contributed by atoms with Crippen molar-refractivity contribution >= 4 is 17.9 Å². The Balaban J connectivity index is 2.67. The van der Waals surface area contributed by atoms with E-state index in [0.29, 0.717) is 32.6 Å². The molecule has 0 bridgehead atoms. The Morgan fingerprint density at radius 3 is 1.96 bits per heavy atom. The zero-order chi connectivity index (χ0) is 18.5. The van der Waals surface area contributed by atoms with Crippen molar-refractivity contribution in [3.8, 4) is 0 Å². The van der Waals surface area contributed by atoms with Gasteiger partial charge in [0.2, 0.25) is 11.8 Å². The molecule has 1 aliphatic heterocycles. The van der Waals surface area contributed by atoms with E-state index >= 15 is 0 Å². The average Bonchev–Trinajstić information content (AvgIpc) is 2.51. The van der Waals surface area contributed by atoms with Crippen molar-refractivity contribution in [3.63, 3.8) is 0 Å². The van der Waals surface area contributed by atoms with E-state index in [2.05, 4.69) is 10.1 Å². The van der Waals surface area contributed by atoms with E-state index in [4.69, 9.17) is 0 Å². The molecule has 24 heavy (non-hydrogen) atoms. The molecule has 7 heteroatoms. The lowest BCUT2D eigenvalue weighted by molar-refractivity contribution is -0.145. The third kappa shape index (κ3) is 5.69. The summed E-state index contributed by atoms with van der Waals surface area (Å²) < 4.78 is 4.61. The number of methoxy groups -OCH3 is 1. The van der Waals surface area contributed by atoms with Crippen LogP contribution in [0.4, 0.5) is 4.79 Å². The van der Waals surface area contributed by atoms with Gasteiger partial charge in [-0.3, -0.25) is 9.59 Å². The minimum absolute atomic E-state index is 0.0982. The first-order valence-corrected chi connectivity index (χ1v) is 8.49. The Kier molecular flexibility index (Phi) is 7.05. The van der Waals surface area contributed by atoms with E-state index in [1.165, 1.54) is 7.11 Å². The lowest BCUT2D eigenvalue weighted by Gasteiger charge is -2.39. The highest BCUT2D eigenvalue weighted by atomic mass is 16.5. The van der Waals surface area contributed by atoms with Gasteiger partial charge in [0.1, 0.15) is 6.04 Å². The fourth-order valence-corrected chi connectivity index (χ4v) is 2.72. The summed E-state index contributed by atoms with van der Waals surface area (Å²) in [4.78, 5) is 40.0. The number of rotatable bonds is 4. The van der Waals surface area contributed by atoms with Crippen LogP contribution in [0.25, 0.3) is 0 Å². The normalized spacial score (nSPS) is 16.8. The smallest absolute Gasteiger partial charge is 0.407 e. The Labute approximate surface area is 144 Å². The fourth-order valence-electron chi connectivity index (χ4n) is 2.72. The number of carbonyl (C=O) groups excluding carboxylic acids is 3. The number of nitrogens with one attached hydrogen (secondary N) is 1. The highest BCUT2D eigenvalue weighted by Crippen LogP contribution is 2.19. The van der Waals surface area contributed by atoms with Crippen LogP contribution in [0.2, 0.25) is 0 Å². The molecule has 0 spiro atoms. The Morgan fingerprint density at radius 2 is 1.54 bits per heavy atom. The summed E-state index contributed by atoms with van der Waals surface area (Å²) in [6.45, 7) is 11.7.